The molecule has 9 nitrogen and oxygen atoms in total. The minimum Gasteiger partial charge on any atom is -0.453 e. The van der Waals surface area contributed by atoms with E-state index in [9.17, 15) is 25.2 Å². The second-order valence-corrected chi connectivity index (χ2v) is 12.1. The molecule has 2 aliphatic rings. The standard InChI is InChI=1S/C38H40O9/c39-30-29-28(31(40)35(33(30)42)47-38(43)27-19-11-4-12-20-27)32(41)36(45-22-25-15-7-2-8-16-25)37(46-23-26-17-9-3-10-18-26)34(29)44-21-24-13-5-1-6-14-24/h1-20,28-37,39-42H,21-23H2/t28-,29-,30-,31+,32+,33-,34-,35-,36+,37+/m1/s1. The van der Waals surface area contributed by atoms with Gasteiger partial charge >= 0.3 is 5.97 Å². The van der Waals surface area contributed by atoms with Crippen molar-refractivity contribution >= 4 is 5.97 Å². The Morgan fingerprint density at radius 3 is 1.34 bits per heavy atom. The molecule has 0 saturated heterocycles. The maximum atomic E-state index is 13.0. The molecule has 2 saturated carbocycles. The van der Waals surface area contributed by atoms with E-state index in [4.69, 9.17) is 18.9 Å². The molecule has 0 heterocycles. The highest BCUT2D eigenvalue weighted by atomic mass is 16.6. The van der Waals surface area contributed by atoms with Gasteiger partial charge in [0.15, 0.2) is 6.10 Å². The highest BCUT2D eigenvalue weighted by Gasteiger charge is 2.63. The van der Waals surface area contributed by atoms with Crippen molar-refractivity contribution in [1.29, 1.82) is 0 Å². The third kappa shape index (κ3) is 7.47. The molecule has 0 unspecified atom stereocenters. The van der Waals surface area contributed by atoms with Crippen LogP contribution in [0.25, 0.3) is 0 Å². The lowest BCUT2D eigenvalue weighted by Gasteiger charge is -2.56. The number of esters is 1. The quantitative estimate of drug-likeness (QED) is 0.181. The number of hydrogen-bond donors (Lipinski definition) is 4. The lowest BCUT2D eigenvalue weighted by atomic mass is 9.61. The van der Waals surface area contributed by atoms with Crippen LogP contribution in [0.4, 0.5) is 0 Å². The smallest absolute Gasteiger partial charge is 0.338 e. The Morgan fingerprint density at radius 2 is 0.851 bits per heavy atom. The van der Waals surface area contributed by atoms with Crippen LogP contribution in [0, 0.1) is 11.8 Å². The predicted octanol–water partition coefficient (Wildman–Crippen LogP) is 3.67. The zero-order chi connectivity index (χ0) is 32.8. The van der Waals surface area contributed by atoms with Crippen molar-refractivity contribution in [2.75, 3.05) is 0 Å². The zero-order valence-corrected chi connectivity index (χ0v) is 25.8. The molecule has 47 heavy (non-hydrogen) atoms. The molecule has 0 radical (unpaired) electrons. The van der Waals surface area contributed by atoms with Crippen LogP contribution in [-0.4, -0.2) is 75.2 Å². The van der Waals surface area contributed by atoms with Crippen LogP contribution in [0.15, 0.2) is 121 Å². The molecule has 0 bridgehead atoms. The molecule has 4 aromatic carbocycles. The van der Waals surface area contributed by atoms with Crippen LogP contribution in [0.3, 0.4) is 0 Å². The van der Waals surface area contributed by atoms with Crippen molar-refractivity contribution < 1.29 is 44.2 Å². The Hall–Kier alpha value is -3.93. The van der Waals surface area contributed by atoms with E-state index in [1.165, 1.54) is 0 Å². The number of carbonyl (C=O) groups excluding carboxylic acids is 1. The van der Waals surface area contributed by atoms with Gasteiger partial charge in [-0.05, 0) is 28.8 Å². The third-order valence-corrected chi connectivity index (χ3v) is 9.12. The second-order valence-electron chi connectivity index (χ2n) is 12.1. The second kappa shape index (κ2) is 15.3. The van der Waals surface area contributed by atoms with Gasteiger partial charge in [0.05, 0.1) is 49.8 Å². The molecule has 2 aliphatic carbocycles. The van der Waals surface area contributed by atoms with E-state index in [1.54, 1.807) is 30.3 Å². The Morgan fingerprint density at radius 1 is 0.447 bits per heavy atom. The molecule has 0 spiro atoms. The number of carbonyl (C=O) groups is 1. The van der Waals surface area contributed by atoms with Crippen LogP contribution >= 0.6 is 0 Å². The first-order chi connectivity index (χ1) is 22.9. The summed E-state index contributed by atoms with van der Waals surface area (Å²) in [6, 6.07) is 36.6. The monoisotopic (exact) mass is 640 g/mol. The Kier molecular flexibility index (Phi) is 10.7. The van der Waals surface area contributed by atoms with Crippen molar-refractivity contribution in [2.24, 2.45) is 11.8 Å². The fourth-order valence-corrected chi connectivity index (χ4v) is 6.76. The minimum atomic E-state index is -1.68. The van der Waals surface area contributed by atoms with Crippen LogP contribution in [0.2, 0.25) is 0 Å². The van der Waals surface area contributed by atoms with Gasteiger partial charge in [-0.2, -0.15) is 0 Å². The Labute approximate surface area is 273 Å². The lowest BCUT2D eigenvalue weighted by molar-refractivity contribution is -0.294. The minimum absolute atomic E-state index is 0.129. The summed E-state index contributed by atoms with van der Waals surface area (Å²) in [4.78, 5) is 13.0. The number of fused-ring (bicyclic) bond motifs is 1. The molecule has 0 aliphatic heterocycles. The molecule has 246 valence electrons. The summed E-state index contributed by atoms with van der Waals surface area (Å²) in [6.45, 7) is 0.418. The van der Waals surface area contributed by atoms with E-state index in [2.05, 4.69) is 0 Å². The maximum Gasteiger partial charge on any atom is 0.338 e. The molecule has 6 rings (SSSR count). The molecular formula is C38H40O9. The largest absolute Gasteiger partial charge is 0.453 e. The zero-order valence-electron chi connectivity index (χ0n) is 25.8. The first-order valence-corrected chi connectivity index (χ1v) is 15.9. The first kappa shape index (κ1) is 33.0. The summed E-state index contributed by atoms with van der Waals surface area (Å²) < 4.78 is 25.0. The normalized spacial score (nSPS) is 30.3. The predicted molar refractivity (Wildman–Crippen MR) is 172 cm³/mol. The summed E-state index contributed by atoms with van der Waals surface area (Å²) in [5.74, 6) is -2.90. The first-order valence-electron chi connectivity index (χ1n) is 15.9. The maximum absolute atomic E-state index is 13.0. The number of hydrogen-bond acceptors (Lipinski definition) is 9. The van der Waals surface area contributed by atoms with Crippen molar-refractivity contribution in [1.82, 2.24) is 0 Å². The van der Waals surface area contributed by atoms with Gasteiger partial charge in [-0.1, -0.05) is 109 Å². The van der Waals surface area contributed by atoms with Gasteiger partial charge in [-0.25, -0.2) is 4.79 Å². The highest BCUT2D eigenvalue weighted by molar-refractivity contribution is 5.89. The van der Waals surface area contributed by atoms with Crippen molar-refractivity contribution in [3.8, 4) is 0 Å². The summed E-state index contributed by atoms with van der Waals surface area (Å²) in [5.41, 5.74) is 2.82. The van der Waals surface area contributed by atoms with Gasteiger partial charge in [-0.3, -0.25) is 0 Å². The van der Waals surface area contributed by atoms with Crippen molar-refractivity contribution in [3.63, 3.8) is 0 Å². The topological polar surface area (TPSA) is 135 Å². The van der Waals surface area contributed by atoms with E-state index in [0.29, 0.717) is 0 Å². The van der Waals surface area contributed by atoms with Crippen LogP contribution < -0.4 is 0 Å². The fraction of sp³-hybridized carbons (Fsp3) is 0.342. The van der Waals surface area contributed by atoms with E-state index >= 15 is 0 Å². The molecule has 10 atom stereocenters. The van der Waals surface area contributed by atoms with Gasteiger partial charge in [0.1, 0.15) is 18.3 Å². The lowest BCUT2D eigenvalue weighted by Crippen LogP contribution is -2.72. The SMILES string of the molecule is O=C(O[C@H]1[C@H](O)[C@H](O)[C@@H]2[C@@H](OCc3ccccc3)[C@H](OCc3ccccc3)[C@@H](OCc3ccccc3)[C@@H](O)[C@H]2[C@@H]1O)c1ccccc1. The van der Waals surface area contributed by atoms with Crippen molar-refractivity contribution in [2.45, 2.75) is 68.7 Å². The Bertz CT molecular complexity index is 1540. The number of ether oxygens (including phenoxy) is 4. The average molecular weight is 641 g/mol. The van der Waals surface area contributed by atoms with Gasteiger partial charge in [0.25, 0.3) is 0 Å². The van der Waals surface area contributed by atoms with E-state index in [-0.39, 0.29) is 25.4 Å². The molecule has 4 N–H and O–H groups in total. The number of benzene rings is 4. The fourth-order valence-electron chi connectivity index (χ4n) is 6.76. The van der Waals surface area contributed by atoms with E-state index in [0.717, 1.165) is 16.7 Å². The average Bonchev–Trinajstić information content (AvgIpc) is 3.12. The summed E-state index contributed by atoms with van der Waals surface area (Å²) in [7, 11) is 0. The molecule has 2 fully saturated rings. The Balaban J connectivity index is 1.34. The number of rotatable bonds is 11. The third-order valence-electron chi connectivity index (χ3n) is 9.12. The van der Waals surface area contributed by atoms with Crippen LogP contribution in [0.1, 0.15) is 27.0 Å². The summed E-state index contributed by atoms with van der Waals surface area (Å²) in [5, 5.41) is 46.8. The molecule has 0 aromatic heterocycles. The van der Waals surface area contributed by atoms with E-state index in [1.807, 2.05) is 91.0 Å². The molecular weight excluding hydrogens is 600 g/mol. The number of aliphatic hydroxyl groups is 4. The molecule has 0 amide bonds. The highest BCUT2D eigenvalue weighted by Crippen LogP contribution is 2.46. The van der Waals surface area contributed by atoms with Gasteiger partial charge in [-0.15, -0.1) is 0 Å². The van der Waals surface area contributed by atoms with Gasteiger partial charge < -0.3 is 39.4 Å². The van der Waals surface area contributed by atoms with Crippen LogP contribution in [-0.2, 0) is 38.8 Å². The summed E-state index contributed by atoms with van der Waals surface area (Å²) >= 11 is 0. The molecule has 4 aromatic rings. The van der Waals surface area contributed by atoms with Gasteiger partial charge in [0.2, 0.25) is 0 Å². The number of aliphatic hydroxyl groups excluding tert-OH is 4. The van der Waals surface area contributed by atoms with Crippen molar-refractivity contribution in [3.05, 3.63) is 144 Å². The van der Waals surface area contributed by atoms with Gasteiger partial charge in [0, 0.05) is 11.8 Å². The molecule has 9 heteroatoms. The van der Waals surface area contributed by atoms with E-state index < -0.39 is 66.6 Å². The summed E-state index contributed by atoms with van der Waals surface area (Å²) in [6.07, 6.45) is -10.6. The van der Waals surface area contributed by atoms with Crippen LogP contribution in [0.5, 0.6) is 0 Å².